The molecule has 0 radical (unpaired) electrons. The molecule has 11 nitrogen and oxygen atoms in total. The normalized spacial score (nSPS) is 31.3. The Kier molecular flexibility index (Phi) is 10.0. The number of nitrogens with one attached hydrogen (secondary N) is 3. The van der Waals surface area contributed by atoms with Gasteiger partial charge in [0.25, 0.3) is 5.91 Å². The summed E-state index contributed by atoms with van der Waals surface area (Å²) < 4.78 is 32.6. The Morgan fingerprint density at radius 1 is 1.14 bits per heavy atom. The summed E-state index contributed by atoms with van der Waals surface area (Å²) in [5, 5.41) is 4.93. The fraction of sp³-hybridized carbons (Fsp3) is 0.724. The van der Waals surface area contributed by atoms with Gasteiger partial charge in [0.1, 0.15) is 23.2 Å². The lowest BCUT2D eigenvalue weighted by atomic mass is 10.0. The number of fused-ring (bicyclic) bond motifs is 2. The standard InChI is InChI=1S/C29H44N4O7S2/c1-5-19-17-29(19,26(36)32-42(38,39)21-13-14-21)31-24(34)23-16-20-18-33(23)25(35)22(30-27(37)40-28(2,3)4)12-10-8-6-7-9-11-15-41-20/h5,9,11,19-23H,1,6-8,10,12-18H2,2-4H3,(H,30,37)(H,31,34)(H,32,36)/b11-9+/t19-,20+,22+,23+,29-/m1/s1. The molecule has 2 aliphatic heterocycles. The molecule has 234 valence electrons. The Bertz CT molecular complexity index is 1210. The molecule has 0 aromatic carbocycles. The highest BCUT2D eigenvalue weighted by Crippen LogP contribution is 2.45. The van der Waals surface area contributed by atoms with Crippen molar-refractivity contribution in [1.82, 2.24) is 20.3 Å². The lowest BCUT2D eigenvalue weighted by Gasteiger charge is -2.30. The number of hydrogen-bond donors (Lipinski definition) is 3. The smallest absolute Gasteiger partial charge is 0.408 e. The monoisotopic (exact) mass is 624 g/mol. The molecule has 1 saturated heterocycles. The zero-order valence-electron chi connectivity index (χ0n) is 24.7. The summed E-state index contributed by atoms with van der Waals surface area (Å²) in [7, 11) is -3.81. The van der Waals surface area contributed by atoms with E-state index in [1.165, 1.54) is 11.0 Å². The van der Waals surface area contributed by atoms with Gasteiger partial charge < -0.3 is 20.3 Å². The van der Waals surface area contributed by atoms with Crippen LogP contribution in [0, 0.1) is 5.92 Å². The Morgan fingerprint density at radius 3 is 2.52 bits per heavy atom. The van der Waals surface area contributed by atoms with Crippen LogP contribution >= 0.6 is 11.8 Å². The minimum atomic E-state index is -3.81. The van der Waals surface area contributed by atoms with Crippen molar-refractivity contribution < 1.29 is 32.3 Å². The van der Waals surface area contributed by atoms with Crippen LogP contribution in [0.25, 0.3) is 0 Å². The Balaban J connectivity index is 1.54. The first-order valence-electron chi connectivity index (χ1n) is 14.8. The van der Waals surface area contributed by atoms with E-state index in [0.29, 0.717) is 38.6 Å². The lowest BCUT2D eigenvalue weighted by Crippen LogP contribution is -2.58. The third kappa shape index (κ3) is 8.09. The molecule has 3 N–H and O–H groups in total. The quantitative estimate of drug-likeness (QED) is 0.366. The van der Waals surface area contributed by atoms with Crippen LogP contribution < -0.4 is 15.4 Å². The van der Waals surface area contributed by atoms with E-state index < -0.39 is 62.3 Å². The van der Waals surface area contributed by atoms with E-state index in [1.54, 1.807) is 32.5 Å². The number of carbonyl (C=O) groups excluding carboxylic acids is 4. The average molecular weight is 625 g/mol. The second-order valence-electron chi connectivity index (χ2n) is 12.7. The van der Waals surface area contributed by atoms with E-state index in [4.69, 9.17) is 4.74 Å². The van der Waals surface area contributed by atoms with Crippen LogP contribution in [-0.4, -0.2) is 83.2 Å². The molecule has 0 aromatic rings. The van der Waals surface area contributed by atoms with Crippen LogP contribution in [0.15, 0.2) is 24.8 Å². The zero-order valence-corrected chi connectivity index (χ0v) is 26.4. The molecule has 42 heavy (non-hydrogen) atoms. The highest BCUT2D eigenvalue weighted by atomic mass is 32.2. The maximum absolute atomic E-state index is 14.0. The van der Waals surface area contributed by atoms with Gasteiger partial charge in [0.05, 0.1) is 5.25 Å². The average Bonchev–Trinajstić information content (AvgIpc) is 3.82. The number of amides is 4. The number of carbonyl (C=O) groups is 4. The van der Waals surface area contributed by atoms with Crippen LogP contribution in [-0.2, 0) is 29.1 Å². The number of nitrogens with zero attached hydrogens (tertiary/aromatic N) is 1. The minimum absolute atomic E-state index is 0.0334. The van der Waals surface area contributed by atoms with Crippen molar-refractivity contribution in [2.45, 2.75) is 112 Å². The maximum Gasteiger partial charge on any atom is 0.408 e. The predicted molar refractivity (Wildman–Crippen MR) is 161 cm³/mol. The van der Waals surface area contributed by atoms with Crippen molar-refractivity contribution in [2.75, 3.05) is 12.3 Å². The topological polar surface area (TPSA) is 151 Å². The van der Waals surface area contributed by atoms with Gasteiger partial charge in [-0.1, -0.05) is 31.1 Å². The van der Waals surface area contributed by atoms with Crippen molar-refractivity contribution in [3.8, 4) is 0 Å². The van der Waals surface area contributed by atoms with Crippen LogP contribution in [0.4, 0.5) is 4.79 Å². The summed E-state index contributed by atoms with van der Waals surface area (Å²) in [6.07, 6.45) is 10.6. The molecule has 4 rings (SSSR count). The summed E-state index contributed by atoms with van der Waals surface area (Å²) in [6, 6.07) is -1.76. The minimum Gasteiger partial charge on any atom is -0.444 e. The number of thioether (sulfide) groups is 1. The fourth-order valence-corrected chi connectivity index (χ4v) is 7.97. The van der Waals surface area contributed by atoms with Crippen molar-refractivity contribution in [3.63, 3.8) is 0 Å². The number of ether oxygens (including phenoxy) is 1. The molecule has 4 amide bonds. The van der Waals surface area contributed by atoms with Gasteiger partial charge in [-0.05, 0) is 65.7 Å². The zero-order chi connectivity index (χ0) is 30.7. The van der Waals surface area contributed by atoms with Gasteiger partial charge in [-0.25, -0.2) is 13.2 Å². The first kappa shape index (κ1) is 32.4. The number of allylic oxidation sites excluding steroid dienone is 1. The summed E-state index contributed by atoms with van der Waals surface area (Å²) in [4.78, 5) is 55.2. The van der Waals surface area contributed by atoms with E-state index in [-0.39, 0.29) is 17.6 Å². The van der Waals surface area contributed by atoms with E-state index in [1.807, 2.05) is 0 Å². The molecule has 2 saturated carbocycles. The van der Waals surface area contributed by atoms with Crippen LogP contribution in [0.2, 0.25) is 0 Å². The molecule has 3 fully saturated rings. The van der Waals surface area contributed by atoms with Crippen molar-refractivity contribution in [2.24, 2.45) is 5.92 Å². The first-order chi connectivity index (χ1) is 19.8. The third-order valence-corrected chi connectivity index (χ3v) is 11.1. The fourth-order valence-electron chi connectivity index (χ4n) is 5.50. The Hall–Kier alpha value is -2.54. The maximum atomic E-state index is 14.0. The molecule has 2 heterocycles. The molecular weight excluding hydrogens is 580 g/mol. The second-order valence-corrected chi connectivity index (χ2v) is 16.0. The summed E-state index contributed by atoms with van der Waals surface area (Å²) in [5.74, 6) is -1.36. The number of alkyl carbamates (subject to hydrolysis) is 1. The van der Waals surface area contributed by atoms with Gasteiger partial charge in [0.15, 0.2) is 0 Å². The van der Waals surface area contributed by atoms with E-state index in [0.717, 1.165) is 25.0 Å². The van der Waals surface area contributed by atoms with Gasteiger partial charge in [-0.3, -0.25) is 19.1 Å². The molecule has 5 atom stereocenters. The van der Waals surface area contributed by atoms with Crippen LogP contribution in [0.1, 0.15) is 78.6 Å². The van der Waals surface area contributed by atoms with Gasteiger partial charge in [0, 0.05) is 23.5 Å². The molecule has 2 aliphatic carbocycles. The van der Waals surface area contributed by atoms with Gasteiger partial charge in [-0.15, -0.1) is 6.58 Å². The second kappa shape index (κ2) is 13.0. The molecule has 0 aromatic heterocycles. The summed E-state index contributed by atoms with van der Waals surface area (Å²) in [6.45, 7) is 9.29. The van der Waals surface area contributed by atoms with Crippen LogP contribution in [0.5, 0.6) is 0 Å². The summed E-state index contributed by atoms with van der Waals surface area (Å²) >= 11 is 1.65. The van der Waals surface area contributed by atoms with Gasteiger partial charge in [0.2, 0.25) is 21.8 Å². The van der Waals surface area contributed by atoms with Crippen molar-refractivity contribution >= 4 is 45.6 Å². The molecule has 4 aliphatic rings. The molecule has 13 heteroatoms. The van der Waals surface area contributed by atoms with Crippen molar-refractivity contribution in [3.05, 3.63) is 24.8 Å². The highest BCUT2D eigenvalue weighted by Gasteiger charge is 2.62. The van der Waals surface area contributed by atoms with E-state index >= 15 is 0 Å². The Labute approximate surface area is 253 Å². The molecule has 0 unspecified atom stereocenters. The van der Waals surface area contributed by atoms with Gasteiger partial charge >= 0.3 is 6.09 Å². The van der Waals surface area contributed by atoms with E-state index in [2.05, 4.69) is 34.1 Å². The molecule has 0 spiro atoms. The SMILES string of the molecule is C=C[C@@H]1C[C@]1(NC(=O)[C@@H]1C[C@H]2CN1C(=O)[C@@H](NC(=O)OC(C)(C)C)CCCCC/C=C/CS2)C(=O)NS(=O)(=O)C1CC1. The third-order valence-electron chi connectivity index (χ3n) is 8.04. The molecule has 2 bridgehead atoms. The number of hydrogen-bond acceptors (Lipinski definition) is 8. The summed E-state index contributed by atoms with van der Waals surface area (Å²) in [5.41, 5.74) is -2.18. The van der Waals surface area contributed by atoms with Crippen LogP contribution in [0.3, 0.4) is 0 Å². The predicted octanol–water partition coefficient (Wildman–Crippen LogP) is 2.77. The number of rotatable bonds is 7. The number of sulfonamides is 1. The highest BCUT2D eigenvalue weighted by molar-refractivity contribution is 8.00. The lowest BCUT2D eigenvalue weighted by molar-refractivity contribution is -0.141. The van der Waals surface area contributed by atoms with E-state index in [9.17, 15) is 27.6 Å². The van der Waals surface area contributed by atoms with Gasteiger partial charge in [-0.2, -0.15) is 11.8 Å². The Morgan fingerprint density at radius 2 is 1.88 bits per heavy atom. The molecular formula is C29H44N4O7S2. The van der Waals surface area contributed by atoms with Crippen molar-refractivity contribution in [1.29, 1.82) is 0 Å². The first-order valence-corrected chi connectivity index (χ1v) is 17.4. The largest absolute Gasteiger partial charge is 0.444 e.